The van der Waals surface area contributed by atoms with Crippen LogP contribution < -0.4 is 16.4 Å². The molecule has 0 spiro atoms. The SMILES string of the molecule is CC(C)/C=C/CNc1nc(Nc2cnn(C(C)(C)C)c2)ncc1C(N)=O. The number of amides is 1. The molecule has 1 amide bonds. The first kappa shape index (κ1) is 19.4. The molecule has 0 bridgehead atoms. The molecular formula is C18H27N7O. The number of primary amides is 1. The van der Waals surface area contributed by atoms with E-state index in [1.54, 1.807) is 6.20 Å². The molecule has 0 aliphatic heterocycles. The van der Waals surface area contributed by atoms with Crippen molar-refractivity contribution in [3.8, 4) is 0 Å². The van der Waals surface area contributed by atoms with Crippen LogP contribution in [0.4, 0.5) is 17.5 Å². The summed E-state index contributed by atoms with van der Waals surface area (Å²) in [5.41, 5.74) is 6.30. The van der Waals surface area contributed by atoms with Gasteiger partial charge in [-0.1, -0.05) is 26.0 Å². The van der Waals surface area contributed by atoms with Crippen molar-refractivity contribution in [3.63, 3.8) is 0 Å². The molecule has 26 heavy (non-hydrogen) atoms. The minimum atomic E-state index is -0.576. The van der Waals surface area contributed by atoms with Gasteiger partial charge < -0.3 is 16.4 Å². The molecule has 2 rings (SSSR count). The lowest BCUT2D eigenvalue weighted by Gasteiger charge is -2.18. The average Bonchev–Trinajstić information content (AvgIpc) is 3.00. The van der Waals surface area contributed by atoms with E-state index >= 15 is 0 Å². The molecule has 8 heteroatoms. The Morgan fingerprint density at radius 2 is 2.08 bits per heavy atom. The maximum absolute atomic E-state index is 11.6. The largest absolute Gasteiger partial charge is 0.366 e. The van der Waals surface area contributed by atoms with E-state index in [0.29, 0.717) is 24.2 Å². The molecular weight excluding hydrogens is 330 g/mol. The summed E-state index contributed by atoms with van der Waals surface area (Å²) in [6.07, 6.45) is 9.05. The van der Waals surface area contributed by atoms with Crippen LogP contribution in [-0.2, 0) is 5.54 Å². The first-order valence-corrected chi connectivity index (χ1v) is 8.56. The third-order valence-corrected chi connectivity index (χ3v) is 3.49. The molecule has 0 radical (unpaired) electrons. The van der Waals surface area contributed by atoms with Crippen molar-refractivity contribution in [3.05, 3.63) is 36.3 Å². The van der Waals surface area contributed by atoms with Gasteiger partial charge in [0.2, 0.25) is 5.95 Å². The van der Waals surface area contributed by atoms with E-state index in [2.05, 4.69) is 66.4 Å². The minimum Gasteiger partial charge on any atom is -0.366 e. The molecule has 0 aromatic carbocycles. The fourth-order valence-corrected chi connectivity index (χ4v) is 2.14. The standard InChI is InChI=1S/C18H27N7O/c1-12(2)7-6-8-20-16-14(15(19)26)10-21-17(24-16)23-13-9-22-25(11-13)18(3,4)5/h6-7,9-12H,8H2,1-5H3,(H2,19,26)(H2,20,21,23,24)/b7-6+. The van der Waals surface area contributed by atoms with E-state index in [1.165, 1.54) is 6.20 Å². The first-order chi connectivity index (χ1) is 12.2. The molecule has 2 aromatic heterocycles. The van der Waals surface area contributed by atoms with Crippen LogP contribution in [0.15, 0.2) is 30.7 Å². The van der Waals surface area contributed by atoms with Gasteiger partial charge in [-0.25, -0.2) is 4.98 Å². The number of hydrogen-bond donors (Lipinski definition) is 3. The van der Waals surface area contributed by atoms with Gasteiger partial charge in [-0.05, 0) is 26.7 Å². The second-order valence-corrected chi connectivity index (χ2v) is 7.34. The number of aromatic nitrogens is 4. The zero-order valence-electron chi connectivity index (χ0n) is 15.9. The van der Waals surface area contributed by atoms with Crippen LogP contribution >= 0.6 is 0 Å². The highest BCUT2D eigenvalue weighted by Crippen LogP contribution is 2.20. The van der Waals surface area contributed by atoms with Crippen molar-refractivity contribution < 1.29 is 4.79 Å². The molecule has 8 nitrogen and oxygen atoms in total. The molecule has 0 atom stereocenters. The summed E-state index contributed by atoms with van der Waals surface area (Å²) in [4.78, 5) is 20.1. The summed E-state index contributed by atoms with van der Waals surface area (Å²) < 4.78 is 1.85. The Labute approximate surface area is 153 Å². The van der Waals surface area contributed by atoms with E-state index in [4.69, 9.17) is 5.73 Å². The Hall–Kier alpha value is -2.90. The lowest BCUT2D eigenvalue weighted by Crippen LogP contribution is -2.21. The van der Waals surface area contributed by atoms with Crippen molar-refractivity contribution in [2.24, 2.45) is 11.7 Å². The van der Waals surface area contributed by atoms with Crippen molar-refractivity contribution in [1.82, 2.24) is 19.7 Å². The smallest absolute Gasteiger partial charge is 0.254 e. The lowest BCUT2D eigenvalue weighted by atomic mass is 10.1. The molecule has 0 saturated carbocycles. The van der Waals surface area contributed by atoms with E-state index < -0.39 is 5.91 Å². The van der Waals surface area contributed by atoms with Gasteiger partial charge in [0.05, 0.1) is 23.0 Å². The quantitative estimate of drug-likeness (QED) is 0.657. The van der Waals surface area contributed by atoms with Crippen molar-refractivity contribution in [1.29, 1.82) is 0 Å². The second kappa shape index (κ2) is 7.99. The van der Waals surface area contributed by atoms with Gasteiger partial charge >= 0.3 is 0 Å². The molecule has 4 N–H and O–H groups in total. The number of carbonyl (C=O) groups excluding carboxylic acids is 1. The third-order valence-electron chi connectivity index (χ3n) is 3.49. The van der Waals surface area contributed by atoms with Gasteiger partial charge in [-0.15, -0.1) is 0 Å². The van der Waals surface area contributed by atoms with Crippen LogP contribution in [0.25, 0.3) is 0 Å². The highest BCUT2D eigenvalue weighted by atomic mass is 16.1. The molecule has 0 unspecified atom stereocenters. The number of allylic oxidation sites excluding steroid dienone is 1. The minimum absolute atomic E-state index is 0.119. The number of hydrogen-bond acceptors (Lipinski definition) is 6. The van der Waals surface area contributed by atoms with Crippen LogP contribution in [-0.4, -0.2) is 32.2 Å². The molecule has 140 valence electrons. The summed E-state index contributed by atoms with van der Waals surface area (Å²) in [5.74, 6) is 0.632. The molecule has 2 heterocycles. The molecule has 0 fully saturated rings. The number of rotatable bonds is 7. The molecule has 2 aromatic rings. The summed E-state index contributed by atoms with van der Waals surface area (Å²) >= 11 is 0. The van der Waals surface area contributed by atoms with E-state index in [0.717, 1.165) is 5.69 Å². The van der Waals surface area contributed by atoms with Gasteiger partial charge in [0.25, 0.3) is 5.91 Å². The zero-order chi connectivity index (χ0) is 19.3. The first-order valence-electron chi connectivity index (χ1n) is 8.56. The van der Waals surface area contributed by atoms with E-state index in [9.17, 15) is 4.79 Å². The normalized spacial score (nSPS) is 11.9. The summed E-state index contributed by atoms with van der Waals surface area (Å²) in [6.45, 7) is 10.9. The second-order valence-electron chi connectivity index (χ2n) is 7.34. The van der Waals surface area contributed by atoms with Crippen LogP contribution in [0.5, 0.6) is 0 Å². The monoisotopic (exact) mass is 357 g/mol. The average molecular weight is 357 g/mol. The Morgan fingerprint density at radius 3 is 2.65 bits per heavy atom. The fraction of sp³-hybridized carbons (Fsp3) is 0.444. The van der Waals surface area contributed by atoms with Crippen LogP contribution in [0.3, 0.4) is 0 Å². The van der Waals surface area contributed by atoms with Gasteiger partial charge in [-0.2, -0.15) is 10.1 Å². The van der Waals surface area contributed by atoms with Crippen LogP contribution in [0, 0.1) is 5.92 Å². The van der Waals surface area contributed by atoms with Crippen molar-refractivity contribution >= 4 is 23.4 Å². The number of nitrogens with zero attached hydrogens (tertiary/aromatic N) is 4. The Balaban J connectivity index is 2.18. The number of nitrogens with two attached hydrogens (primary N) is 1. The topological polar surface area (TPSA) is 111 Å². The Morgan fingerprint density at radius 1 is 1.35 bits per heavy atom. The maximum atomic E-state index is 11.6. The van der Waals surface area contributed by atoms with Gasteiger partial charge in [0.1, 0.15) is 5.82 Å². The van der Waals surface area contributed by atoms with Crippen LogP contribution in [0.1, 0.15) is 45.0 Å². The molecule has 0 saturated heterocycles. The zero-order valence-corrected chi connectivity index (χ0v) is 15.9. The third kappa shape index (κ3) is 5.30. The Kier molecular flexibility index (Phi) is 5.97. The highest BCUT2D eigenvalue weighted by molar-refractivity contribution is 5.97. The van der Waals surface area contributed by atoms with E-state index in [1.807, 2.05) is 17.0 Å². The van der Waals surface area contributed by atoms with Gasteiger partial charge in [-0.3, -0.25) is 9.48 Å². The van der Waals surface area contributed by atoms with E-state index in [-0.39, 0.29) is 11.1 Å². The molecule has 0 aliphatic carbocycles. The number of carbonyl (C=O) groups is 1. The lowest BCUT2D eigenvalue weighted by molar-refractivity contribution is 0.100. The summed E-state index contributed by atoms with van der Waals surface area (Å²) in [5, 5.41) is 10.5. The summed E-state index contributed by atoms with van der Waals surface area (Å²) in [7, 11) is 0. The maximum Gasteiger partial charge on any atom is 0.254 e. The Bertz CT molecular complexity index is 787. The summed E-state index contributed by atoms with van der Waals surface area (Å²) in [6, 6.07) is 0. The fourth-order valence-electron chi connectivity index (χ4n) is 2.14. The van der Waals surface area contributed by atoms with Gasteiger partial charge in [0, 0.05) is 18.9 Å². The van der Waals surface area contributed by atoms with Crippen molar-refractivity contribution in [2.75, 3.05) is 17.2 Å². The number of nitrogens with one attached hydrogen (secondary N) is 2. The van der Waals surface area contributed by atoms with Crippen molar-refractivity contribution in [2.45, 2.75) is 40.2 Å². The van der Waals surface area contributed by atoms with Crippen LogP contribution in [0.2, 0.25) is 0 Å². The predicted molar refractivity (Wildman–Crippen MR) is 104 cm³/mol. The van der Waals surface area contributed by atoms with Gasteiger partial charge in [0.15, 0.2) is 0 Å². The highest BCUT2D eigenvalue weighted by Gasteiger charge is 2.15. The molecule has 0 aliphatic rings. The number of anilines is 3. The predicted octanol–water partition coefficient (Wildman–Crippen LogP) is 2.89.